The second kappa shape index (κ2) is 6.36. The number of rotatable bonds is 8. The normalized spacial score (nSPS) is 26.1. The molecular formula is C12H16O2S2Te. The third-order valence-electron chi connectivity index (χ3n) is 2.62. The van der Waals surface area contributed by atoms with Gasteiger partial charge in [-0.25, -0.2) is 0 Å². The van der Waals surface area contributed by atoms with Crippen molar-refractivity contribution in [3.8, 4) is 0 Å². The molecule has 5 heteroatoms. The molecule has 94 valence electrons. The summed E-state index contributed by atoms with van der Waals surface area (Å²) in [6, 6.07) is 4.51. The second-order valence-corrected chi connectivity index (χ2v) is 10.6. The summed E-state index contributed by atoms with van der Waals surface area (Å²) in [7, 11) is 0. The Hall–Kier alpha value is 0.890. The van der Waals surface area contributed by atoms with Crippen molar-refractivity contribution in [2.75, 3.05) is 24.7 Å². The number of thioether (sulfide) groups is 2. The van der Waals surface area contributed by atoms with Gasteiger partial charge in [-0.1, -0.05) is 0 Å². The standard InChI is InChI=1S/C12H16O2S2Te/c1-2-12(6-14-4-10-8-16-10)17-11(1)5-13-3-9-7-15-9/h1-2,9-10H,3-8H2. The Labute approximate surface area is 120 Å². The zero-order valence-corrected chi connectivity index (χ0v) is 13.6. The van der Waals surface area contributed by atoms with Crippen LogP contribution in [0.3, 0.4) is 0 Å². The predicted octanol–water partition coefficient (Wildman–Crippen LogP) is 2.01. The Morgan fingerprint density at radius 1 is 1.00 bits per heavy atom. The fourth-order valence-electron chi connectivity index (χ4n) is 1.49. The van der Waals surface area contributed by atoms with Crippen LogP contribution < -0.4 is 0 Å². The van der Waals surface area contributed by atoms with Crippen LogP contribution in [0.15, 0.2) is 12.1 Å². The van der Waals surface area contributed by atoms with Gasteiger partial charge < -0.3 is 0 Å². The van der Waals surface area contributed by atoms with Crippen LogP contribution in [0.1, 0.15) is 7.16 Å². The van der Waals surface area contributed by atoms with Crippen LogP contribution in [-0.4, -0.2) is 55.7 Å². The van der Waals surface area contributed by atoms with E-state index in [0.29, 0.717) is 0 Å². The number of hydrogen-bond donors (Lipinski definition) is 0. The molecule has 2 aliphatic rings. The summed E-state index contributed by atoms with van der Waals surface area (Å²) in [5.41, 5.74) is 0. The van der Waals surface area contributed by atoms with Crippen molar-refractivity contribution in [2.24, 2.45) is 0 Å². The molecule has 3 heterocycles. The Morgan fingerprint density at radius 2 is 1.47 bits per heavy atom. The van der Waals surface area contributed by atoms with E-state index >= 15 is 0 Å². The van der Waals surface area contributed by atoms with Crippen molar-refractivity contribution in [1.82, 2.24) is 0 Å². The third-order valence-corrected chi connectivity index (χ3v) is 7.45. The molecule has 3 rings (SSSR count). The van der Waals surface area contributed by atoms with Crippen LogP contribution in [0.4, 0.5) is 0 Å². The van der Waals surface area contributed by atoms with Gasteiger partial charge in [0.15, 0.2) is 0 Å². The van der Waals surface area contributed by atoms with Gasteiger partial charge in [-0.2, -0.15) is 0 Å². The summed E-state index contributed by atoms with van der Waals surface area (Å²) in [4.78, 5) is 0. The van der Waals surface area contributed by atoms with Crippen molar-refractivity contribution in [2.45, 2.75) is 23.7 Å². The van der Waals surface area contributed by atoms with Gasteiger partial charge in [-0.3, -0.25) is 0 Å². The first-order valence-electron chi connectivity index (χ1n) is 5.86. The first-order valence-corrected chi connectivity index (χ1v) is 10.3. The maximum absolute atomic E-state index is 5.71. The van der Waals surface area contributed by atoms with Crippen LogP contribution in [0, 0.1) is 0 Å². The van der Waals surface area contributed by atoms with Gasteiger partial charge in [0.25, 0.3) is 0 Å². The molecule has 0 bridgehead atoms. The van der Waals surface area contributed by atoms with E-state index in [9.17, 15) is 0 Å². The van der Waals surface area contributed by atoms with Gasteiger partial charge in [0.2, 0.25) is 0 Å². The van der Waals surface area contributed by atoms with E-state index in [1.807, 2.05) is 23.5 Å². The Balaban J connectivity index is 1.34. The molecular weight excluding hydrogens is 368 g/mol. The Kier molecular flexibility index (Phi) is 4.83. The van der Waals surface area contributed by atoms with Crippen molar-refractivity contribution >= 4 is 44.0 Å². The maximum atomic E-state index is 5.71. The van der Waals surface area contributed by atoms with Crippen molar-refractivity contribution < 1.29 is 9.47 Å². The molecule has 17 heavy (non-hydrogen) atoms. The molecule has 2 nitrogen and oxygen atoms in total. The average molecular weight is 384 g/mol. The van der Waals surface area contributed by atoms with E-state index < -0.39 is 0 Å². The van der Waals surface area contributed by atoms with Crippen molar-refractivity contribution in [3.05, 3.63) is 19.3 Å². The molecule has 1 aromatic rings. The molecule has 0 N–H and O–H groups in total. The van der Waals surface area contributed by atoms with Crippen LogP contribution in [0.25, 0.3) is 0 Å². The predicted molar refractivity (Wildman–Crippen MR) is 75.2 cm³/mol. The molecule has 0 aliphatic carbocycles. The van der Waals surface area contributed by atoms with Crippen LogP contribution in [-0.2, 0) is 22.7 Å². The van der Waals surface area contributed by atoms with Crippen molar-refractivity contribution in [3.63, 3.8) is 0 Å². The Bertz CT molecular complexity index is 329. The Morgan fingerprint density at radius 3 is 1.88 bits per heavy atom. The molecule has 0 amide bonds. The number of ether oxygens (including phenoxy) is 2. The summed E-state index contributed by atoms with van der Waals surface area (Å²) >= 11 is 3.87. The molecule has 0 aromatic carbocycles. The molecule has 2 unspecified atom stereocenters. The van der Waals surface area contributed by atoms with Gasteiger partial charge in [-0.15, -0.1) is 0 Å². The zero-order valence-electron chi connectivity index (χ0n) is 9.59. The molecule has 2 atom stereocenters. The first kappa shape index (κ1) is 12.9. The van der Waals surface area contributed by atoms with Gasteiger partial charge >= 0.3 is 121 Å². The monoisotopic (exact) mass is 386 g/mol. The molecule has 0 saturated carbocycles. The summed E-state index contributed by atoms with van der Waals surface area (Å²) in [5, 5.41) is 1.59. The van der Waals surface area contributed by atoms with Crippen LogP contribution in [0.2, 0.25) is 0 Å². The quantitative estimate of drug-likeness (QED) is 0.504. The van der Waals surface area contributed by atoms with Crippen molar-refractivity contribution in [1.29, 1.82) is 0 Å². The molecule has 2 saturated heterocycles. The van der Waals surface area contributed by atoms with Crippen LogP contribution >= 0.6 is 23.5 Å². The minimum atomic E-state index is -0.138. The van der Waals surface area contributed by atoms with Gasteiger partial charge in [-0.05, 0) is 0 Å². The third kappa shape index (κ3) is 4.81. The zero-order chi connectivity index (χ0) is 11.5. The van der Waals surface area contributed by atoms with Gasteiger partial charge in [0.05, 0.1) is 0 Å². The average Bonchev–Trinajstić information content (AvgIpc) is 3.22. The van der Waals surface area contributed by atoms with E-state index in [1.165, 1.54) is 18.7 Å². The second-order valence-electron chi connectivity index (χ2n) is 4.31. The van der Waals surface area contributed by atoms with Crippen LogP contribution in [0.5, 0.6) is 0 Å². The summed E-state index contributed by atoms with van der Waals surface area (Å²) in [5.74, 6) is 2.60. The van der Waals surface area contributed by atoms with E-state index in [1.54, 1.807) is 0 Å². The molecule has 2 fully saturated rings. The van der Waals surface area contributed by atoms with E-state index in [2.05, 4.69) is 12.1 Å². The van der Waals surface area contributed by atoms with Gasteiger partial charge in [0, 0.05) is 0 Å². The molecule has 1 aromatic heterocycles. The molecule has 0 spiro atoms. The fraction of sp³-hybridized carbons (Fsp3) is 0.667. The van der Waals surface area contributed by atoms with E-state index in [0.717, 1.165) is 36.9 Å². The van der Waals surface area contributed by atoms with E-state index in [4.69, 9.17) is 9.47 Å². The van der Waals surface area contributed by atoms with E-state index in [-0.39, 0.29) is 20.4 Å². The SMILES string of the molecule is c1cc(COCC2CS2)[te]c1COCC1CS1. The summed E-state index contributed by atoms with van der Waals surface area (Å²) in [6.07, 6.45) is 0. The first-order chi connectivity index (χ1) is 8.40. The topological polar surface area (TPSA) is 18.5 Å². The molecule has 0 radical (unpaired) electrons. The summed E-state index contributed by atoms with van der Waals surface area (Å²) in [6.45, 7) is 3.61. The minimum absolute atomic E-state index is 0.138. The molecule has 2 aliphatic heterocycles. The fourth-order valence-corrected chi connectivity index (χ4v) is 4.89. The van der Waals surface area contributed by atoms with Gasteiger partial charge in [0.1, 0.15) is 0 Å². The summed E-state index contributed by atoms with van der Waals surface area (Å²) < 4.78 is 14.5. The number of hydrogen-bond acceptors (Lipinski definition) is 4.